The van der Waals surface area contributed by atoms with Gasteiger partial charge in [-0.25, -0.2) is 0 Å². The van der Waals surface area contributed by atoms with Gasteiger partial charge in [0.1, 0.15) is 0 Å². The zero-order valence-electron chi connectivity index (χ0n) is 12.2. The summed E-state index contributed by atoms with van der Waals surface area (Å²) in [7, 11) is 0. The highest BCUT2D eigenvalue weighted by molar-refractivity contribution is 4.78. The third kappa shape index (κ3) is 5.25. The largest absolute Gasteiger partial charge is 0.381 e. The molecule has 0 aromatic rings. The van der Waals surface area contributed by atoms with E-state index in [1.807, 2.05) is 0 Å². The molecule has 0 aromatic carbocycles. The van der Waals surface area contributed by atoms with Gasteiger partial charge >= 0.3 is 0 Å². The van der Waals surface area contributed by atoms with E-state index in [0.717, 1.165) is 25.0 Å². The zero-order valence-corrected chi connectivity index (χ0v) is 12.2. The van der Waals surface area contributed by atoms with Crippen LogP contribution in [0.3, 0.4) is 0 Å². The second-order valence-corrected chi connectivity index (χ2v) is 6.33. The molecule has 3 nitrogen and oxygen atoms in total. The fraction of sp³-hybridized carbons (Fsp3) is 1.00. The van der Waals surface area contributed by atoms with Crippen molar-refractivity contribution in [2.75, 3.05) is 39.4 Å². The van der Waals surface area contributed by atoms with Gasteiger partial charge in [-0.2, -0.15) is 0 Å². The van der Waals surface area contributed by atoms with Crippen molar-refractivity contribution in [3.05, 3.63) is 0 Å². The summed E-state index contributed by atoms with van der Waals surface area (Å²) in [6.07, 6.45) is 5.27. The minimum Gasteiger partial charge on any atom is -0.381 e. The van der Waals surface area contributed by atoms with Crippen LogP contribution < -0.4 is 5.32 Å². The third-order valence-corrected chi connectivity index (χ3v) is 4.13. The van der Waals surface area contributed by atoms with Crippen molar-refractivity contribution in [3.63, 3.8) is 0 Å². The maximum absolute atomic E-state index is 5.71. The molecule has 0 amide bonds. The SMILES string of the molecule is CC(C)C1CN(CCCOCC2CC2)CCCN1. The fourth-order valence-electron chi connectivity index (χ4n) is 2.60. The van der Waals surface area contributed by atoms with Crippen LogP contribution in [0.25, 0.3) is 0 Å². The van der Waals surface area contributed by atoms with Crippen LogP contribution in [0, 0.1) is 11.8 Å². The lowest BCUT2D eigenvalue weighted by atomic mass is 10.0. The number of nitrogens with zero attached hydrogens (tertiary/aromatic N) is 1. The second-order valence-electron chi connectivity index (χ2n) is 6.33. The van der Waals surface area contributed by atoms with Crippen molar-refractivity contribution < 1.29 is 4.74 Å². The molecule has 0 aromatic heterocycles. The molecule has 2 fully saturated rings. The number of hydrogen-bond donors (Lipinski definition) is 1. The quantitative estimate of drug-likeness (QED) is 0.704. The van der Waals surface area contributed by atoms with Crippen LogP contribution in [0.4, 0.5) is 0 Å². The van der Waals surface area contributed by atoms with Crippen LogP contribution in [-0.2, 0) is 4.74 Å². The van der Waals surface area contributed by atoms with Gasteiger partial charge in [-0.15, -0.1) is 0 Å². The molecule has 1 N–H and O–H groups in total. The van der Waals surface area contributed by atoms with Gasteiger partial charge in [-0.05, 0) is 50.6 Å². The van der Waals surface area contributed by atoms with E-state index in [1.165, 1.54) is 51.9 Å². The lowest BCUT2D eigenvalue weighted by Crippen LogP contribution is -2.41. The van der Waals surface area contributed by atoms with Gasteiger partial charge in [0.05, 0.1) is 0 Å². The maximum Gasteiger partial charge on any atom is 0.0494 e. The first-order valence-electron chi connectivity index (χ1n) is 7.79. The molecule has 3 heteroatoms. The van der Waals surface area contributed by atoms with E-state index in [-0.39, 0.29) is 0 Å². The molecule has 1 atom stereocenters. The van der Waals surface area contributed by atoms with Crippen LogP contribution in [0.1, 0.15) is 39.5 Å². The Balaban J connectivity index is 1.57. The van der Waals surface area contributed by atoms with Crippen LogP contribution >= 0.6 is 0 Å². The Labute approximate surface area is 112 Å². The molecule has 2 rings (SSSR count). The van der Waals surface area contributed by atoms with E-state index in [1.54, 1.807) is 0 Å². The number of nitrogens with one attached hydrogen (secondary N) is 1. The molecule has 1 unspecified atom stereocenters. The van der Waals surface area contributed by atoms with E-state index >= 15 is 0 Å². The number of rotatable bonds is 7. The van der Waals surface area contributed by atoms with Gasteiger partial charge in [-0.3, -0.25) is 0 Å². The summed E-state index contributed by atoms with van der Waals surface area (Å²) in [5, 5.41) is 3.66. The summed E-state index contributed by atoms with van der Waals surface area (Å²) in [4.78, 5) is 2.62. The molecule has 1 saturated heterocycles. The first kappa shape index (κ1) is 14.3. The predicted molar refractivity (Wildman–Crippen MR) is 75.8 cm³/mol. The van der Waals surface area contributed by atoms with Crippen LogP contribution in [0.2, 0.25) is 0 Å². The molecule has 106 valence electrons. The average Bonchev–Trinajstić information content (AvgIpc) is 3.14. The van der Waals surface area contributed by atoms with Crippen molar-refractivity contribution in [1.29, 1.82) is 0 Å². The molecule has 18 heavy (non-hydrogen) atoms. The zero-order chi connectivity index (χ0) is 12.8. The van der Waals surface area contributed by atoms with Crippen LogP contribution in [-0.4, -0.2) is 50.3 Å². The van der Waals surface area contributed by atoms with Crippen molar-refractivity contribution in [3.8, 4) is 0 Å². The Hall–Kier alpha value is -0.120. The lowest BCUT2D eigenvalue weighted by Gasteiger charge is -2.26. The van der Waals surface area contributed by atoms with Crippen molar-refractivity contribution in [2.45, 2.75) is 45.6 Å². The summed E-state index contributed by atoms with van der Waals surface area (Å²) < 4.78 is 5.71. The van der Waals surface area contributed by atoms with E-state index in [4.69, 9.17) is 4.74 Å². The second kappa shape index (κ2) is 7.46. The predicted octanol–water partition coefficient (Wildman–Crippen LogP) is 2.12. The van der Waals surface area contributed by atoms with Gasteiger partial charge in [0, 0.05) is 32.3 Å². The fourth-order valence-corrected chi connectivity index (χ4v) is 2.60. The maximum atomic E-state index is 5.71. The van der Waals surface area contributed by atoms with Gasteiger partial charge in [0.15, 0.2) is 0 Å². The van der Waals surface area contributed by atoms with E-state index < -0.39 is 0 Å². The molecule has 0 spiro atoms. The monoisotopic (exact) mass is 254 g/mol. The molecule has 1 saturated carbocycles. The summed E-state index contributed by atoms with van der Waals surface area (Å²) in [6.45, 7) is 11.4. The van der Waals surface area contributed by atoms with E-state index in [9.17, 15) is 0 Å². The summed E-state index contributed by atoms with van der Waals surface area (Å²) in [5.74, 6) is 1.63. The minimum absolute atomic E-state index is 0.667. The topological polar surface area (TPSA) is 24.5 Å². The highest BCUT2D eigenvalue weighted by Crippen LogP contribution is 2.28. The summed E-state index contributed by atoms with van der Waals surface area (Å²) >= 11 is 0. The molecule has 2 aliphatic rings. The average molecular weight is 254 g/mol. The van der Waals surface area contributed by atoms with Gasteiger partial charge in [0.25, 0.3) is 0 Å². The molecule has 1 heterocycles. The van der Waals surface area contributed by atoms with E-state index in [0.29, 0.717) is 6.04 Å². The first-order valence-corrected chi connectivity index (χ1v) is 7.79. The van der Waals surface area contributed by atoms with Crippen molar-refractivity contribution >= 4 is 0 Å². The lowest BCUT2D eigenvalue weighted by molar-refractivity contribution is 0.111. The Bertz CT molecular complexity index is 229. The molecule has 1 aliphatic carbocycles. The van der Waals surface area contributed by atoms with Gasteiger partial charge in [0.2, 0.25) is 0 Å². The molecular weight excluding hydrogens is 224 g/mol. The van der Waals surface area contributed by atoms with E-state index in [2.05, 4.69) is 24.1 Å². The van der Waals surface area contributed by atoms with Gasteiger partial charge in [-0.1, -0.05) is 13.8 Å². The highest BCUT2D eigenvalue weighted by atomic mass is 16.5. The molecular formula is C15H30N2O. The van der Waals surface area contributed by atoms with Gasteiger partial charge < -0.3 is 15.0 Å². The summed E-state index contributed by atoms with van der Waals surface area (Å²) in [6, 6.07) is 0.667. The Kier molecular flexibility index (Phi) is 5.93. The Morgan fingerprint density at radius 1 is 1.33 bits per heavy atom. The first-order chi connectivity index (χ1) is 8.75. The van der Waals surface area contributed by atoms with Crippen molar-refractivity contribution in [1.82, 2.24) is 10.2 Å². The molecule has 0 bridgehead atoms. The smallest absolute Gasteiger partial charge is 0.0494 e. The third-order valence-electron chi connectivity index (χ3n) is 4.13. The number of ether oxygens (including phenoxy) is 1. The highest BCUT2D eigenvalue weighted by Gasteiger charge is 2.21. The minimum atomic E-state index is 0.667. The standard InChI is InChI=1S/C15H30N2O/c1-13(2)15-11-17(8-3-7-16-15)9-4-10-18-12-14-5-6-14/h13-16H,3-12H2,1-2H3. The van der Waals surface area contributed by atoms with Crippen LogP contribution in [0.15, 0.2) is 0 Å². The Morgan fingerprint density at radius 2 is 2.17 bits per heavy atom. The Morgan fingerprint density at radius 3 is 2.89 bits per heavy atom. The van der Waals surface area contributed by atoms with Crippen molar-refractivity contribution in [2.24, 2.45) is 11.8 Å². The summed E-state index contributed by atoms with van der Waals surface area (Å²) in [5.41, 5.74) is 0. The molecule has 0 radical (unpaired) electrons. The number of hydrogen-bond acceptors (Lipinski definition) is 3. The van der Waals surface area contributed by atoms with Crippen LogP contribution in [0.5, 0.6) is 0 Å². The normalized spacial score (nSPS) is 26.5. The molecule has 1 aliphatic heterocycles.